The second-order valence-corrected chi connectivity index (χ2v) is 8.92. The van der Waals surface area contributed by atoms with Crippen LogP contribution < -0.4 is 10.9 Å². The highest BCUT2D eigenvalue weighted by Gasteiger charge is 2.22. The van der Waals surface area contributed by atoms with Gasteiger partial charge in [-0.1, -0.05) is 39.0 Å². The molecule has 1 amide bonds. The van der Waals surface area contributed by atoms with Crippen LogP contribution >= 0.6 is 11.8 Å². The quantitative estimate of drug-likeness (QED) is 0.604. The summed E-state index contributed by atoms with van der Waals surface area (Å²) in [5, 5.41) is 7.49. The smallest absolute Gasteiger partial charge is 0.252 e. The Morgan fingerprint density at radius 3 is 2.59 bits per heavy atom. The van der Waals surface area contributed by atoms with Gasteiger partial charge in [0.05, 0.1) is 5.69 Å². The largest absolute Gasteiger partial charge is 0.310 e. The molecule has 0 bridgehead atoms. The summed E-state index contributed by atoms with van der Waals surface area (Å²) in [5.74, 6) is 1.30. The van der Waals surface area contributed by atoms with Crippen molar-refractivity contribution in [2.75, 3.05) is 11.1 Å². The molecule has 0 aliphatic rings. The molecular formula is C21H25N5O2S. The SMILES string of the molecule is Cc1cc(=O)[nH]c(-n2nc(C(C)(C)C)cc2NC(=O)CCSc2ccccc2)n1. The van der Waals surface area contributed by atoms with Gasteiger partial charge in [-0.15, -0.1) is 11.8 Å². The Hall–Kier alpha value is -2.87. The third-order valence-corrected chi connectivity index (χ3v) is 5.16. The lowest BCUT2D eigenvalue weighted by Crippen LogP contribution is -2.19. The summed E-state index contributed by atoms with van der Waals surface area (Å²) in [6.07, 6.45) is 0.355. The van der Waals surface area contributed by atoms with Crippen LogP contribution in [0, 0.1) is 6.92 Å². The van der Waals surface area contributed by atoms with Crippen LogP contribution in [0.3, 0.4) is 0 Å². The Labute approximate surface area is 174 Å². The maximum absolute atomic E-state index is 12.5. The van der Waals surface area contributed by atoms with Crippen molar-refractivity contribution in [3.63, 3.8) is 0 Å². The maximum atomic E-state index is 12.5. The number of carbonyl (C=O) groups is 1. The summed E-state index contributed by atoms with van der Waals surface area (Å²) in [6.45, 7) is 7.85. The summed E-state index contributed by atoms with van der Waals surface area (Å²) < 4.78 is 1.48. The summed E-state index contributed by atoms with van der Waals surface area (Å²) in [4.78, 5) is 32.6. The molecule has 7 nitrogen and oxygen atoms in total. The first-order chi connectivity index (χ1) is 13.7. The summed E-state index contributed by atoms with van der Waals surface area (Å²) in [5.41, 5.74) is 0.874. The van der Waals surface area contributed by atoms with E-state index < -0.39 is 0 Å². The van der Waals surface area contributed by atoms with Gasteiger partial charge in [-0.2, -0.15) is 9.78 Å². The number of hydrogen-bond donors (Lipinski definition) is 2. The fourth-order valence-electron chi connectivity index (χ4n) is 2.65. The summed E-state index contributed by atoms with van der Waals surface area (Å²) >= 11 is 1.63. The fraction of sp³-hybridized carbons (Fsp3) is 0.333. The van der Waals surface area contributed by atoms with Gasteiger partial charge in [-0.3, -0.25) is 14.6 Å². The van der Waals surface area contributed by atoms with Crippen LogP contribution in [0.4, 0.5) is 5.82 Å². The molecule has 3 rings (SSSR count). The molecule has 2 N–H and O–H groups in total. The molecule has 0 saturated carbocycles. The Morgan fingerprint density at radius 1 is 1.21 bits per heavy atom. The number of benzene rings is 1. The topological polar surface area (TPSA) is 92.7 Å². The monoisotopic (exact) mass is 411 g/mol. The third kappa shape index (κ3) is 5.57. The number of nitrogens with zero attached hydrogens (tertiary/aromatic N) is 3. The molecule has 152 valence electrons. The molecule has 0 aliphatic carbocycles. The molecular weight excluding hydrogens is 386 g/mol. The summed E-state index contributed by atoms with van der Waals surface area (Å²) in [7, 11) is 0. The molecule has 1 aromatic carbocycles. The normalized spacial score (nSPS) is 11.4. The molecule has 0 fully saturated rings. The standard InChI is InChI=1S/C21H25N5O2S/c1-14-12-19(28)24-20(22-14)26-17(13-16(25-26)21(2,3)4)23-18(27)10-11-29-15-8-6-5-7-9-15/h5-9,12-13H,10-11H2,1-4H3,(H,23,27)(H,22,24,28). The van der Waals surface area contributed by atoms with Crippen LogP contribution in [-0.4, -0.2) is 31.4 Å². The first-order valence-electron chi connectivity index (χ1n) is 9.39. The first-order valence-corrected chi connectivity index (χ1v) is 10.4. The minimum absolute atomic E-state index is 0.120. The van der Waals surface area contributed by atoms with Crippen LogP contribution in [-0.2, 0) is 10.2 Å². The van der Waals surface area contributed by atoms with Gasteiger partial charge in [0.25, 0.3) is 5.56 Å². The zero-order valence-corrected chi connectivity index (χ0v) is 17.8. The van der Waals surface area contributed by atoms with Gasteiger partial charge in [0.1, 0.15) is 5.82 Å². The average Bonchev–Trinajstić information content (AvgIpc) is 3.06. The number of hydrogen-bond acceptors (Lipinski definition) is 5. The van der Waals surface area contributed by atoms with Gasteiger partial charge < -0.3 is 5.32 Å². The molecule has 2 heterocycles. The number of carbonyl (C=O) groups excluding carboxylic acids is 1. The van der Waals surface area contributed by atoms with E-state index in [4.69, 9.17) is 0 Å². The van der Waals surface area contributed by atoms with E-state index in [1.165, 1.54) is 10.7 Å². The van der Waals surface area contributed by atoms with Gasteiger partial charge in [-0.05, 0) is 19.1 Å². The van der Waals surface area contributed by atoms with Crippen molar-refractivity contribution >= 4 is 23.5 Å². The first kappa shape index (κ1) is 20.9. The highest BCUT2D eigenvalue weighted by atomic mass is 32.2. The Bertz CT molecular complexity index is 1050. The van der Waals surface area contributed by atoms with Gasteiger partial charge >= 0.3 is 0 Å². The van der Waals surface area contributed by atoms with E-state index >= 15 is 0 Å². The lowest BCUT2D eigenvalue weighted by atomic mass is 9.92. The van der Waals surface area contributed by atoms with Crippen molar-refractivity contribution in [3.05, 3.63) is 64.2 Å². The molecule has 0 aliphatic heterocycles. The van der Waals surface area contributed by atoms with E-state index in [0.717, 1.165) is 10.6 Å². The van der Waals surface area contributed by atoms with Gasteiger partial charge in [-0.25, -0.2) is 4.98 Å². The predicted octanol–water partition coefficient (Wildman–Crippen LogP) is 3.68. The van der Waals surface area contributed by atoms with Crippen LogP contribution in [0.25, 0.3) is 5.95 Å². The van der Waals surface area contributed by atoms with Crippen molar-refractivity contribution in [2.24, 2.45) is 0 Å². The second-order valence-electron chi connectivity index (χ2n) is 7.75. The maximum Gasteiger partial charge on any atom is 0.252 e. The minimum Gasteiger partial charge on any atom is -0.310 e. The molecule has 2 aromatic heterocycles. The van der Waals surface area contributed by atoms with Crippen molar-refractivity contribution in [1.29, 1.82) is 0 Å². The van der Waals surface area contributed by atoms with Gasteiger partial charge in [0, 0.05) is 40.3 Å². The molecule has 8 heteroatoms. The molecule has 0 saturated heterocycles. The van der Waals surface area contributed by atoms with Crippen molar-refractivity contribution in [1.82, 2.24) is 19.7 Å². The van der Waals surface area contributed by atoms with Crippen LogP contribution in [0.5, 0.6) is 0 Å². The van der Waals surface area contributed by atoms with Crippen LogP contribution in [0.1, 0.15) is 38.6 Å². The minimum atomic E-state index is -0.267. The number of anilines is 1. The van der Waals surface area contributed by atoms with Crippen molar-refractivity contribution < 1.29 is 4.79 Å². The zero-order valence-electron chi connectivity index (χ0n) is 17.0. The number of nitrogens with one attached hydrogen (secondary N) is 2. The highest BCUT2D eigenvalue weighted by Crippen LogP contribution is 2.25. The van der Waals surface area contributed by atoms with Crippen LogP contribution in [0.2, 0.25) is 0 Å². The van der Waals surface area contributed by atoms with E-state index in [1.807, 2.05) is 57.2 Å². The average molecular weight is 412 g/mol. The van der Waals surface area contributed by atoms with E-state index in [2.05, 4.69) is 20.4 Å². The lowest BCUT2D eigenvalue weighted by molar-refractivity contribution is -0.115. The van der Waals surface area contributed by atoms with E-state index in [0.29, 0.717) is 23.7 Å². The van der Waals surface area contributed by atoms with Crippen LogP contribution in [0.15, 0.2) is 52.2 Å². The number of aromatic nitrogens is 4. The molecule has 0 spiro atoms. The molecule has 0 radical (unpaired) electrons. The number of thioether (sulfide) groups is 1. The Balaban J connectivity index is 1.79. The number of rotatable bonds is 6. The van der Waals surface area contributed by atoms with E-state index in [-0.39, 0.29) is 22.8 Å². The molecule has 0 unspecified atom stereocenters. The fourth-order valence-corrected chi connectivity index (χ4v) is 3.52. The van der Waals surface area contributed by atoms with Crippen molar-refractivity contribution in [3.8, 4) is 5.95 Å². The van der Waals surface area contributed by atoms with Gasteiger partial charge in [0.15, 0.2) is 0 Å². The number of amides is 1. The number of H-pyrrole nitrogens is 1. The zero-order chi connectivity index (χ0) is 21.0. The van der Waals surface area contributed by atoms with Crippen molar-refractivity contribution in [2.45, 2.75) is 44.4 Å². The Kier molecular flexibility index (Phi) is 6.22. The molecule has 3 aromatic rings. The van der Waals surface area contributed by atoms with E-state index in [1.54, 1.807) is 18.7 Å². The number of aryl methyl sites for hydroxylation is 1. The van der Waals surface area contributed by atoms with Gasteiger partial charge in [0.2, 0.25) is 11.9 Å². The molecule has 0 atom stereocenters. The third-order valence-electron chi connectivity index (χ3n) is 4.14. The lowest BCUT2D eigenvalue weighted by Gasteiger charge is -2.13. The predicted molar refractivity (Wildman–Crippen MR) is 116 cm³/mol. The second kappa shape index (κ2) is 8.65. The summed E-state index contributed by atoms with van der Waals surface area (Å²) in [6, 6.07) is 13.2. The highest BCUT2D eigenvalue weighted by molar-refractivity contribution is 7.99. The Morgan fingerprint density at radius 2 is 1.93 bits per heavy atom. The van der Waals surface area contributed by atoms with E-state index in [9.17, 15) is 9.59 Å². The molecule has 29 heavy (non-hydrogen) atoms. The number of aromatic amines is 1.